The van der Waals surface area contributed by atoms with Crippen LogP contribution in [0.5, 0.6) is 11.5 Å². The first-order chi connectivity index (χ1) is 10.4. The molecule has 1 aliphatic rings. The highest BCUT2D eigenvalue weighted by molar-refractivity contribution is 5.87. The lowest BCUT2D eigenvalue weighted by molar-refractivity contribution is -0.0842. The molecule has 7 nitrogen and oxygen atoms in total. The van der Waals surface area contributed by atoms with Crippen LogP contribution in [-0.4, -0.2) is 38.7 Å². The van der Waals surface area contributed by atoms with E-state index in [1.165, 1.54) is 6.07 Å². The van der Waals surface area contributed by atoms with E-state index in [4.69, 9.17) is 14.3 Å². The molecule has 2 unspecified atom stereocenters. The van der Waals surface area contributed by atoms with E-state index < -0.39 is 30.3 Å². The number of aliphatic hydroxyl groups is 3. The Morgan fingerprint density at radius 2 is 2.09 bits per heavy atom. The van der Waals surface area contributed by atoms with Crippen LogP contribution >= 0.6 is 0 Å². The van der Waals surface area contributed by atoms with Crippen molar-refractivity contribution in [1.82, 2.24) is 0 Å². The summed E-state index contributed by atoms with van der Waals surface area (Å²) in [5.41, 5.74) is -1.34. The summed E-state index contributed by atoms with van der Waals surface area (Å²) in [7, 11) is 0. The molecule has 0 bridgehead atoms. The van der Waals surface area contributed by atoms with E-state index in [1.807, 2.05) is 0 Å². The van der Waals surface area contributed by atoms with E-state index in [0.717, 1.165) is 6.07 Å². The summed E-state index contributed by atoms with van der Waals surface area (Å²) in [5.74, 6) is -0.0208. The van der Waals surface area contributed by atoms with Crippen molar-refractivity contribution in [2.75, 3.05) is 6.61 Å². The zero-order valence-corrected chi connectivity index (χ0v) is 11.9. The van der Waals surface area contributed by atoms with Crippen molar-refractivity contribution in [2.45, 2.75) is 31.7 Å². The Balaban J connectivity index is 2.27. The predicted molar refractivity (Wildman–Crippen MR) is 75.9 cm³/mol. The van der Waals surface area contributed by atoms with Crippen molar-refractivity contribution < 1.29 is 29.6 Å². The minimum absolute atomic E-state index is 0.0284. The minimum atomic E-state index is -1.21. The normalized spacial score (nSPS) is 24.1. The second-order valence-electron chi connectivity index (χ2n) is 5.60. The fourth-order valence-corrected chi connectivity index (χ4v) is 2.60. The SMILES string of the molecule is CC1(CO)Oc2cc3oc(CO)cc(=O)c3c(O)c2CC1O. The summed E-state index contributed by atoms with van der Waals surface area (Å²) in [4.78, 5) is 12.1. The van der Waals surface area contributed by atoms with Gasteiger partial charge >= 0.3 is 0 Å². The van der Waals surface area contributed by atoms with Gasteiger partial charge in [0.2, 0.25) is 0 Å². The molecule has 3 rings (SSSR count). The van der Waals surface area contributed by atoms with Gasteiger partial charge < -0.3 is 29.6 Å². The summed E-state index contributed by atoms with van der Waals surface area (Å²) in [6.07, 6.45) is -0.993. The van der Waals surface area contributed by atoms with Crippen LogP contribution in [-0.2, 0) is 13.0 Å². The van der Waals surface area contributed by atoms with Crippen LogP contribution in [0.3, 0.4) is 0 Å². The first kappa shape index (κ1) is 14.8. The molecule has 0 spiro atoms. The van der Waals surface area contributed by atoms with Crippen LogP contribution in [0.4, 0.5) is 0 Å². The van der Waals surface area contributed by atoms with Gasteiger partial charge in [0.25, 0.3) is 0 Å². The van der Waals surface area contributed by atoms with Crippen LogP contribution < -0.4 is 10.2 Å². The van der Waals surface area contributed by atoms with Gasteiger partial charge in [0.15, 0.2) is 11.0 Å². The molecule has 2 aromatic rings. The van der Waals surface area contributed by atoms with Gasteiger partial charge in [-0.2, -0.15) is 0 Å². The second kappa shape index (κ2) is 4.98. The predicted octanol–water partition coefficient (Wildman–Crippen LogP) is 0.0377. The Bertz CT molecular complexity index is 795. The Hall–Kier alpha value is -2.09. The second-order valence-corrected chi connectivity index (χ2v) is 5.60. The monoisotopic (exact) mass is 308 g/mol. The fraction of sp³-hybridized carbons (Fsp3) is 0.400. The quantitative estimate of drug-likeness (QED) is 0.618. The molecule has 0 amide bonds. The van der Waals surface area contributed by atoms with E-state index in [-0.39, 0.29) is 40.2 Å². The summed E-state index contributed by atoms with van der Waals surface area (Å²) in [6.45, 7) is 0.687. The molecule has 0 aliphatic carbocycles. The number of phenols is 1. The zero-order chi connectivity index (χ0) is 16.1. The van der Waals surface area contributed by atoms with Gasteiger partial charge in [0, 0.05) is 24.1 Å². The van der Waals surface area contributed by atoms with Gasteiger partial charge in [-0.05, 0) is 6.92 Å². The molecule has 1 aromatic heterocycles. The van der Waals surface area contributed by atoms with Crippen LogP contribution in [0.2, 0.25) is 0 Å². The first-order valence-corrected chi connectivity index (χ1v) is 6.80. The third kappa shape index (κ3) is 2.06. The van der Waals surface area contributed by atoms with E-state index in [9.17, 15) is 20.1 Å². The zero-order valence-electron chi connectivity index (χ0n) is 11.9. The molecule has 118 valence electrons. The number of benzene rings is 1. The van der Waals surface area contributed by atoms with Crippen LogP contribution in [0.15, 0.2) is 21.3 Å². The number of rotatable bonds is 2. The Morgan fingerprint density at radius 3 is 2.73 bits per heavy atom. The largest absolute Gasteiger partial charge is 0.507 e. The number of phenolic OH excluding ortho intramolecular Hbond substituents is 1. The smallest absolute Gasteiger partial charge is 0.196 e. The third-order valence-electron chi connectivity index (χ3n) is 4.02. The van der Waals surface area contributed by atoms with E-state index in [0.29, 0.717) is 0 Å². The van der Waals surface area contributed by atoms with Gasteiger partial charge in [0.1, 0.15) is 34.8 Å². The highest BCUT2D eigenvalue weighted by Crippen LogP contribution is 2.41. The standard InChI is InChI=1S/C15H16O7/c1-15(6-17)12(19)3-8-10(22-15)4-11-13(14(8)20)9(18)2-7(5-16)21-11/h2,4,12,16-17,19-20H,3,5-6H2,1H3. The maximum absolute atomic E-state index is 12.1. The molecule has 2 heterocycles. The Kier molecular flexibility index (Phi) is 3.36. The molecular formula is C15H16O7. The highest BCUT2D eigenvalue weighted by atomic mass is 16.5. The van der Waals surface area contributed by atoms with Gasteiger partial charge in [0.05, 0.1) is 12.7 Å². The molecule has 1 aliphatic heterocycles. The summed E-state index contributed by atoms with van der Waals surface area (Å²) < 4.78 is 11.0. The number of fused-ring (bicyclic) bond motifs is 2. The van der Waals surface area contributed by atoms with Crippen molar-refractivity contribution >= 4 is 11.0 Å². The number of aliphatic hydroxyl groups excluding tert-OH is 3. The molecule has 0 saturated heterocycles. The lowest BCUT2D eigenvalue weighted by Crippen LogP contribution is -2.51. The minimum Gasteiger partial charge on any atom is -0.507 e. The van der Waals surface area contributed by atoms with Gasteiger partial charge in [-0.3, -0.25) is 4.79 Å². The van der Waals surface area contributed by atoms with E-state index in [1.54, 1.807) is 6.92 Å². The van der Waals surface area contributed by atoms with Crippen molar-refractivity contribution in [2.24, 2.45) is 0 Å². The van der Waals surface area contributed by atoms with E-state index in [2.05, 4.69) is 0 Å². The number of ether oxygens (including phenoxy) is 1. The van der Waals surface area contributed by atoms with Gasteiger partial charge in [-0.15, -0.1) is 0 Å². The molecule has 0 fully saturated rings. The molecule has 22 heavy (non-hydrogen) atoms. The van der Waals surface area contributed by atoms with Gasteiger partial charge in [-0.25, -0.2) is 0 Å². The summed E-state index contributed by atoms with van der Waals surface area (Å²) >= 11 is 0. The molecule has 0 saturated carbocycles. The van der Waals surface area contributed by atoms with Crippen molar-refractivity contribution in [3.05, 3.63) is 33.7 Å². The number of hydrogen-bond donors (Lipinski definition) is 4. The molecule has 4 N–H and O–H groups in total. The average molecular weight is 308 g/mol. The number of aromatic hydroxyl groups is 1. The highest BCUT2D eigenvalue weighted by Gasteiger charge is 2.41. The van der Waals surface area contributed by atoms with Crippen molar-refractivity contribution in [3.8, 4) is 11.5 Å². The van der Waals surface area contributed by atoms with E-state index >= 15 is 0 Å². The maximum atomic E-state index is 12.1. The summed E-state index contributed by atoms with van der Waals surface area (Å²) in [6, 6.07) is 2.52. The van der Waals surface area contributed by atoms with Crippen molar-refractivity contribution in [1.29, 1.82) is 0 Å². The van der Waals surface area contributed by atoms with Crippen LogP contribution in [0.25, 0.3) is 11.0 Å². The Morgan fingerprint density at radius 1 is 1.36 bits per heavy atom. The topological polar surface area (TPSA) is 120 Å². The van der Waals surface area contributed by atoms with Crippen LogP contribution in [0.1, 0.15) is 18.2 Å². The van der Waals surface area contributed by atoms with Crippen molar-refractivity contribution in [3.63, 3.8) is 0 Å². The molecule has 7 heteroatoms. The van der Waals surface area contributed by atoms with Gasteiger partial charge in [-0.1, -0.05) is 0 Å². The molecule has 1 aromatic carbocycles. The molecular weight excluding hydrogens is 292 g/mol. The lowest BCUT2D eigenvalue weighted by atomic mass is 9.89. The molecule has 2 atom stereocenters. The fourth-order valence-electron chi connectivity index (χ4n) is 2.60. The molecule has 0 radical (unpaired) electrons. The maximum Gasteiger partial charge on any atom is 0.196 e. The number of hydrogen-bond acceptors (Lipinski definition) is 7. The lowest BCUT2D eigenvalue weighted by Gasteiger charge is -2.38. The van der Waals surface area contributed by atoms with Crippen LogP contribution in [0, 0.1) is 0 Å². The third-order valence-corrected chi connectivity index (χ3v) is 4.02. The average Bonchev–Trinajstić information content (AvgIpc) is 2.49. The first-order valence-electron chi connectivity index (χ1n) is 6.80. The Labute approximate surface area is 125 Å². The summed E-state index contributed by atoms with van der Waals surface area (Å²) in [5, 5.41) is 38.9.